The number of hydrazine groups is 1. The highest BCUT2D eigenvalue weighted by Gasteiger charge is 2.10. The van der Waals surface area contributed by atoms with E-state index in [1.54, 1.807) is 0 Å². The van der Waals surface area contributed by atoms with Gasteiger partial charge in [-0.15, -0.1) is 0 Å². The molecule has 0 N–H and O–H groups in total. The Morgan fingerprint density at radius 3 is 2.67 bits per heavy atom. The van der Waals surface area contributed by atoms with E-state index in [1.807, 2.05) is 7.05 Å². The molecule has 0 amide bonds. The third-order valence-electron chi connectivity index (χ3n) is 2.23. The van der Waals surface area contributed by atoms with Crippen molar-refractivity contribution in [1.29, 1.82) is 0 Å². The Kier molecular flexibility index (Phi) is 1.54. The molecule has 1 aromatic carbocycles. The molecular weight excluding hydrogens is 148 g/mol. The first-order chi connectivity index (χ1) is 5.79. The van der Waals surface area contributed by atoms with E-state index in [4.69, 9.17) is 0 Å². The van der Waals surface area contributed by atoms with Crippen molar-refractivity contribution in [2.75, 3.05) is 19.1 Å². The van der Waals surface area contributed by atoms with Gasteiger partial charge in [-0.1, -0.05) is 18.2 Å². The quantitative estimate of drug-likeness (QED) is 0.572. The Hall–Kier alpha value is -1.44. The average molecular weight is 160 g/mol. The van der Waals surface area contributed by atoms with Gasteiger partial charge >= 0.3 is 0 Å². The van der Waals surface area contributed by atoms with Crippen molar-refractivity contribution < 1.29 is 0 Å². The number of nitrogens with zero attached hydrogens (tertiary/aromatic N) is 2. The molecule has 0 saturated heterocycles. The number of fused-ring (bicyclic) bond motifs is 1. The van der Waals surface area contributed by atoms with Crippen molar-refractivity contribution in [3.63, 3.8) is 0 Å². The van der Waals surface area contributed by atoms with E-state index in [0.717, 1.165) is 0 Å². The van der Waals surface area contributed by atoms with Crippen molar-refractivity contribution in [2.24, 2.45) is 0 Å². The SMILES string of the molecule is CN1C=Cc2ccccc2N1C. The number of hydrogen-bond donors (Lipinski definition) is 0. The van der Waals surface area contributed by atoms with Gasteiger partial charge in [0.25, 0.3) is 0 Å². The van der Waals surface area contributed by atoms with Crippen molar-refractivity contribution >= 4 is 11.8 Å². The molecule has 2 nitrogen and oxygen atoms in total. The van der Waals surface area contributed by atoms with Crippen LogP contribution in [0.15, 0.2) is 30.5 Å². The van der Waals surface area contributed by atoms with Gasteiger partial charge in [0, 0.05) is 25.9 Å². The second kappa shape index (κ2) is 2.55. The van der Waals surface area contributed by atoms with Gasteiger partial charge in [-0.3, -0.25) is 10.0 Å². The maximum Gasteiger partial charge on any atom is 0.0643 e. The molecule has 2 rings (SSSR count). The summed E-state index contributed by atoms with van der Waals surface area (Å²) in [5, 5.41) is 4.18. The van der Waals surface area contributed by atoms with Crippen LogP contribution in [0.1, 0.15) is 5.56 Å². The molecule has 62 valence electrons. The fraction of sp³-hybridized carbons (Fsp3) is 0.200. The zero-order chi connectivity index (χ0) is 8.55. The smallest absolute Gasteiger partial charge is 0.0643 e. The van der Waals surface area contributed by atoms with E-state index in [2.05, 4.69) is 53.6 Å². The first-order valence-electron chi connectivity index (χ1n) is 4.03. The minimum absolute atomic E-state index is 1.25. The molecule has 1 aliphatic heterocycles. The predicted octanol–water partition coefficient (Wildman–Crippen LogP) is 1.95. The maximum absolute atomic E-state index is 2.12. The summed E-state index contributed by atoms with van der Waals surface area (Å²) >= 11 is 0. The molecule has 2 heteroatoms. The molecule has 12 heavy (non-hydrogen) atoms. The second-order valence-electron chi connectivity index (χ2n) is 2.97. The van der Waals surface area contributed by atoms with Gasteiger partial charge in [0.15, 0.2) is 0 Å². The van der Waals surface area contributed by atoms with Crippen LogP contribution in [0.4, 0.5) is 5.69 Å². The first-order valence-corrected chi connectivity index (χ1v) is 4.03. The molecule has 0 bridgehead atoms. The van der Waals surface area contributed by atoms with E-state index in [9.17, 15) is 0 Å². The predicted molar refractivity (Wildman–Crippen MR) is 51.6 cm³/mol. The number of rotatable bonds is 0. The summed E-state index contributed by atoms with van der Waals surface area (Å²) in [5.74, 6) is 0. The number of para-hydroxylation sites is 1. The fourth-order valence-electron chi connectivity index (χ4n) is 1.38. The molecule has 1 heterocycles. The normalized spacial score (nSPS) is 14.8. The molecule has 0 unspecified atom stereocenters. The van der Waals surface area contributed by atoms with Gasteiger partial charge in [0.1, 0.15) is 0 Å². The van der Waals surface area contributed by atoms with Crippen LogP contribution in [0.3, 0.4) is 0 Å². The molecule has 0 atom stereocenters. The lowest BCUT2D eigenvalue weighted by molar-refractivity contribution is 0.442. The summed E-state index contributed by atoms with van der Waals surface area (Å²) in [6.07, 6.45) is 4.18. The lowest BCUT2D eigenvalue weighted by atomic mass is 10.1. The molecule has 0 fully saturated rings. The van der Waals surface area contributed by atoms with Gasteiger partial charge in [0.2, 0.25) is 0 Å². The summed E-state index contributed by atoms with van der Waals surface area (Å²) in [7, 11) is 4.09. The van der Waals surface area contributed by atoms with E-state index < -0.39 is 0 Å². The second-order valence-corrected chi connectivity index (χ2v) is 2.97. The zero-order valence-electron chi connectivity index (χ0n) is 7.36. The molecule has 1 aromatic rings. The van der Waals surface area contributed by atoms with Crippen LogP contribution in [0, 0.1) is 0 Å². The molecular formula is C10H12N2. The monoisotopic (exact) mass is 160 g/mol. The zero-order valence-corrected chi connectivity index (χ0v) is 7.36. The van der Waals surface area contributed by atoms with Crippen LogP contribution in [0.5, 0.6) is 0 Å². The Bertz CT molecular complexity index is 317. The van der Waals surface area contributed by atoms with Gasteiger partial charge in [0.05, 0.1) is 5.69 Å². The third kappa shape index (κ3) is 0.961. The lowest BCUT2D eigenvalue weighted by Crippen LogP contribution is -2.34. The highest BCUT2D eigenvalue weighted by atomic mass is 15.6. The minimum Gasteiger partial charge on any atom is -0.296 e. The minimum atomic E-state index is 1.25. The summed E-state index contributed by atoms with van der Waals surface area (Å²) in [4.78, 5) is 0. The van der Waals surface area contributed by atoms with Crippen LogP contribution in [0.2, 0.25) is 0 Å². The lowest BCUT2D eigenvalue weighted by Gasteiger charge is -2.33. The van der Waals surface area contributed by atoms with E-state index in [-0.39, 0.29) is 0 Å². The van der Waals surface area contributed by atoms with Gasteiger partial charge in [-0.25, -0.2) is 0 Å². The van der Waals surface area contributed by atoms with Gasteiger partial charge in [-0.2, -0.15) is 0 Å². The Balaban J connectivity index is 2.52. The molecule has 0 aromatic heterocycles. The van der Waals surface area contributed by atoms with E-state index in [1.165, 1.54) is 11.3 Å². The molecule has 0 aliphatic carbocycles. The van der Waals surface area contributed by atoms with Crippen molar-refractivity contribution in [2.45, 2.75) is 0 Å². The Morgan fingerprint density at radius 1 is 1.08 bits per heavy atom. The first kappa shape index (κ1) is 7.22. The average Bonchev–Trinajstić information content (AvgIpc) is 2.12. The molecule has 0 radical (unpaired) electrons. The van der Waals surface area contributed by atoms with Crippen LogP contribution < -0.4 is 5.01 Å². The number of anilines is 1. The molecule has 1 aliphatic rings. The van der Waals surface area contributed by atoms with Crippen LogP contribution >= 0.6 is 0 Å². The highest BCUT2D eigenvalue weighted by Crippen LogP contribution is 2.25. The van der Waals surface area contributed by atoms with Crippen LogP contribution in [-0.4, -0.2) is 19.1 Å². The molecule has 0 spiro atoms. The number of benzene rings is 1. The van der Waals surface area contributed by atoms with Crippen molar-refractivity contribution in [3.05, 3.63) is 36.0 Å². The standard InChI is InChI=1S/C10H12N2/c1-11-8-7-9-5-3-4-6-10(9)12(11)2/h3-8H,1-2H3. The summed E-state index contributed by atoms with van der Waals surface area (Å²) in [6, 6.07) is 8.36. The van der Waals surface area contributed by atoms with Gasteiger partial charge < -0.3 is 0 Å². The fourth-order valence-corrected chi connectivity index (χ4v) is 1.38. The summed E-state index contributed by atoms with van der Waals surface area (Å²) in [5.41, 5.74) is 2.53. The third-order valence-corrected chi connectivity index (χ3v) is 2.23. The Morgan fingerprint density at radius 2 is 1.83 bits per heavy atom. The largest absolute Gasteiger partial charge is 0.296 e. The Labute approximate surface area is 72.7 Å². The van der Waals surface area contributed by atoms with Gasteiger partial charge in [-0.05, 0) is 12.1 Å². The summed E-state index contributed by atoms with van der Waals surface area (Å²) in [6.45, 7) is 0. The van der Waals surface area contributed by atoms with E-state index >= 15 is 0 Å². The van der Waals surface area contributed by atoms with Crippen molar-refractivity contribution in [1.82, 2.24) is 5.01 Å². The van der Waals surface area contributed by atoms with Crippen LogP contribution in [0.25, 0.3) is 6.08 Å². The summed E-state index contributed by atoms with van der Waals surface area (Å²) < 4.78 is 0. The number of hydrogen-bond acceptors (Lipinski definition) is 2. The van der Waals surface area contributed by atoms with Crippen molar-refractivity contribution in [3.8, 4) is 0 Å². The maximum atomic E-state index is 2.12. The molecule has 0 saturated carbocycles. The topological polar surface area (TPSA) is 6.48 Å². The highest BCUT2D eigenvalue weighted by molar-refractivity contribution is 5.69. The van der Waals surface area contributed by atoms with E-state index in [0.29, 0.717) is 0 Å². The van der Waals surface area contributed by atoms with Crippen LogP contribution in [-0.2, 0) is 0 Å².